The van der Waals surface area contributed by atoms with Crippen LogP contribution in [0.25, 0.3) is 0 Å². The smallest absolute Gasteiger partial charge is 0.251 e. The zero-order valence-electron chi connectivity index (χ0n) is 9.79. The number of nitrogens with two attached hydrogens (primary N) is 1. The molecule has 0 heterocycles. The van der Waals surface area contributed by atoms with Crippen molar-refractivity contribution < 1.29 is 4.79 Å². The normalized spacial score (nSPS) is 11.9. The van der Waals surface area contributed by atoms with E-state index in [1.807, 2.05) is 13.8 Å². The van der Waals surface area contributed by atoms with Crippen LogP contribution >= 0.6 is 23.8 Å². The lowest BCUT2D eigenvalue weighted by Crippen LogP contribution is -2.43. The molecule has 0 spiro atoms. The van der Waals surface area contributed by atoms with Gasteiger partial charge in [0.25, 0.3) is 5.91 Å². The van der Waals surface area contributed by atoms with Gasteiger partial charge in [-0.15, -0.1) is 0 Å². The number of carbonyl (C=O) groups excluding carboxylic acids is 1. The number of carbonyl (C=O) groups is 1. The molecule has 5 heteroatoms. The zero-order chi connectivity index (χ0) is 13.0. The van der Waals surface area contributed by atoms with E-state index in [-0.39, 0.29) is 11.9 Å². The molecule has 0 saturated carbocycles. The van der Waals surface area contributed by atoms with Crippen LogP contribution in [0.2, 0.25) is 5.02 Å². The fourth-order valence-electron chi connectivity index (χ4n) is 1.40. The van der Waals surface area contributed by atoms with Gasteiger partial charge in [-0.1, -0.05) is 30.7 Å². The minimum absolute atomic E-state index is 0.190. The van der Waals surface area contributed by atoms with Crippen LogP contribution in [0.3, 0.4) is 0 Å². The highest BCUT2D eigenvalue weighted by Crippen LogP contribution is 2.16. The molecule has 0 bridgehead atoms. The molecule has 3 N–H and O–H groups in total. The summed E-state index contributed by atoms with van der Waals surface area (Å²) >= 11 is 10.8. The largest absolute Gasteiger partial charge is 0.392 e. The van der Waals surface area contributed by atoms with E-state index in [9.17, 15) is 4.79 Å². The summed E-state index contributed by atoms with van der Waals surface area (Å²) in [6, 6.07) is 4.85. The van der Waals surface area contributed by atoms with Crippen molar-refractivity contribution in [1.82, 2.24) is 5.32 Å². The maximum absolute atomic E-state index is 11.9. The lowest BCUT2D eigenvalue weighted by molar-refractivity contribution is 0.0946. The van der Waals surface area contributed by atoms with Crippen LogP contribution in [-0.2, 0) is 0 Å². The van der Waals surface area contributed by atoms with Gasteiger partial charge in [0.05, 0.1) is 11.0 Å². The molecule has 3 nitrogen and oxygen atoms in total. The summed E-state index contributed by atoms with van der Waals surface area (Å²) in [4.78, 5) is 12.2. The second kappa shape index (κ2) is 5.98. The summed E-state index contributed by atoms with van der Waals surface area (Å²) in [5, 5.41) is 3.42. The Labute approximate surface area is 111 Å². The molecule has 1 aromatic rings. The molecule has 1 rings (SSSR count). The van der Waals surface area contributed by atoms with Gasteiger partial charge in [0.1, 0.15) is 0 Å². The first-order chi connectivity index (χ1) is 7.95. The third-order valence-corrected chi connectivity index (χ3v) is 3.19. The van der Waals surface area contributed by atoms with Gasteiger partial charge in [-0.2, -0.15) is 0 Å². The Morgan fingerprint density at radius 3 is 2.71 bits per heavy atom. The third kappa shape index (κ3) is 3.68. The number of thiocarbonyl (C=S) groups is 1. The van der Waals surface area contributed by atoms with Crippen LogP contribution in [0.1, 0.15) is 29.3 Å². The first-order valence-corrected chi connectivity index (χ1v) is 6.10. The monoisotopic (exact) mass is 270 g/mol. The Kier molecular flexibility index (Phi) is 4.90. The van der Waals surface area contributed by atoms with E-state index in [2.05, 4.69) is 5.32 Å². The van der Waals surface area contributed by atoms with Gasteiger partial charge >= 0.3 is 0 Å². The predicted molar refractivity (Wildman–Crippen MR) is 74.5 cm³/mol. The van der Waals surface area contributed by atoms with Crippen LogP contribution < -0.4 is 11.1 Å². The van der Waals surface area contributed by atoms with E-state index in [0.29, 0.717) is 22.0 Å². The molecule has 0 aliphatic carbocycles. The minimum Gasteiger partial charge on any atom is -0.392 e. The molecule has 0 aromatic heterocycles. The number of hydrogen-bond donors (Lipinski definition) is 2. The van der Waals surface area contributed by atoms with Gasteiger partial charge in [0.15, 0.2) is 0 Å². The lowest BCUT2D eigenvalue weighted by atomic mass is 10.1. The lowest BCUT2D eigenvalue weighted by Gasteiger charge is -2.15. The van der Waals surface area contributed by atoms with Crippen LogP contribution in [-0.4, -0.2) is 16.9 Å². The quantitative estimate of drug-likeness (QED) is 0.827. The number of nitrogens with one attached hydrogen (secondary N) is 1. The van der Waals surface area contributed by atoms with Gasteiger partial charge < -0.3 is 11.1 Å². The molecule has 0 aliphatic heterocycles. The highest BCUT2D eigenvalue weighted by Gasteiger charge is 2.14. The molecule has 1 aromatic carbocycles. The minimum atomic E-state index is -0.270. The van der Waals surface area contributed by atoms with Crippen molar-refractivity contribution in [2.45, 2.75) is 26.3 Å². The predicted octanol–water partition coefficient (Wildman–Crippen LogP) is 2.44. The number of halogens is 1. The first kappa shape index (κ1) is 13.9. The van der Waals surface area contributed by atoms with Gasteiger partial charge in [-0.3, -0.25) is 4.79 Å². The topological polar surface area (TPSA) is 55.1 Å². The van der Waals surface area contributed by atoms with Gasteiger partial charge in [-0.25, -0.2) is 0 Å². The molecule has 0 fully saturated rings. The van der Waals surface area contributed by atoms with E-state index in [1.54, 1.807) is 18.2 Å². The van der Waals surface area contributed by atoms with E-state index in [0.717, 1.165) is 5.56 Å². The number of benzene rings is 1. The van der Waals surface area contributed by atoms with Gasteiger partial charge in [0.2, 0.25) is 0 Å². The summed E-state index contributed by atoms with van der Waals surface area (Å²) in [5.74, 6) is -0.190. The van der Waals surface area contributed by atoms with Gasteiger partial charge in [-0.05, 0) is 37.1 Å². The van der Waals surface area contributed by atoms with E-state index in [1.165, 1.54) is 0 Å². The first-order valence-electron chi connectivity index (χ1n) is 5.32. The summed E-state index contributed by atoms with van der Waals surface area (Å²) < 4.78 is 0. The zero-order valence-corrected chi connectivity index (χ0v) is 11.4. The van der Waals surface area contributed by atoms with Crippen molar-refractivity contribution in [3.63, 3.8) is 0 Å². The van der Waals surface area contributed by atoms with Crippen molar-refractivity contribution in [2.24, 2.45) is 5.73 Å². The number of rotatable bonds is 4. The highest BCUT2D eigenvalue weighted by atomic mass is 35.5. The number of amides is 1. The summed E-state index contributed by atoms with van der Waals surface area (Å²) in [7, 11) is 0. The molecule has 1 atom stereocenters. The third-order valence-electron chi connectivity index (χ3n) is 2.48. The molecule has 1 amide bonds. The Bertz CT molecular complexity index is 448. The second-order valence-corrected chi connectivity index (χ2v) is 4.68. The standard InChI is InChI=1S/C12H15ClN2OS/c1-3-10(11(14)17)15-12(16)8-4-5-9(13)7(2)6-8/h4-6,10H,3H2,1-2H3,(H2,14,17)(H,15,16). The van der Waals surface area contributed by atoms with Crippen LogP contribution in [0, 0.1) is 6.92 Å². The SMILES string of the molecule is CCC(NC(=O)c1ccc(Cl)c(C)c1)C(N)=S. The van der Waals surface area contributed by atoms with Crippen molar-refractivity contribution in [3.8, 4) is 0 Å². The average molecular weight is 271 g/mol. The average Bonchev–Trinajstić information content (AvgIpc) is 2.28. The Morgan fingerprint density at radius 2 is 2.24 bits per heavy atom. The second-order valence-electron chi connectivity index (χ2n) is 3.80. The molecule has 0 radical (unpaired) electrons. The van der Waals surface area contributed by atoms with Crippen molar-refractivity contribution in [3.05, 3.63) is 34.3 Å². The van der Waals surface area contributed by atoms with Gasteiger partial charge in [0, 0.05) is 10.6 Å². The molecule has 92 valence electrons. The maximum atomic E-state index is 11.9. The molecule has 0 aliphatic rings. The number of aryl methyl sites for hydroxylation is 1. The molecule has 0 saturated heterocycles. The fraction of sp³-hybridized carbons (Fsp3) is 0.333. The van der Waals surface area contributed by atoms with E-state index in [4.69, 9.17) is 29.6 Å². The maximum Gasteiger partial charge on any atom is 0.251 e. The van der Waals surface area contributed by atoms with Crippen LogP contribution in [0.4, 0.5) is 0 Å². The van der Waals surface area contributed by atoms with E-state index >= 15 is 0 Å². The summed E-state index contributed by atoms with van der Waals surface area (Å²) in [6.45, 7) is 3.77. The summed E-state index contributed by atoms with van der Waals surface area (Å²) in [6.07, 6.45) is 0.674. The molecular formula is C12H15ClN2OS. The molecular weight excluding hydrogens is 256 g/mol. The Hall–Kier alpha value is -1.13. The summed E-state index contributed by atoms with van der Waals surface area (Å²) in [5.41, 5.74) is 6.94. The highest BCUT2D eigenvalue weighted by molar-refractivity contribution is 7.80. The van der Waals surface area contributed by atoms with Crippen LogP contribution in [0.15, 0.2) is 18.2 Å². The Balaban J connectivity index is 2.82. The van der Waals surface area contributed by atoms with Crippen molar-refractivity contribution in [1.29, 1.82) is 0 Å². The fourth-order valence-corrected chi connectivity index (χ4v) is 1.75. The number of hydrogen-bond acceptors (Lipinski definition) is 2. The Morgan fingerprint density at radius 1 is 1.59 bits per heavy atom. The van der Waals surface area contributed by atoms with E-state index < -0.39 is 0 Å². The molecule has 17 heavy (non-hydrogen) atoms. The van der Waals surface area contributed by atoms with Crippen LogP contribution in [0.5, 0.6) is 0 Å². The molecule has 1 unspecified atom stereocenters. The van der Waals surface area contributed by atoms with Crippen molar-refractivity contribution in [2.75, 3.05) is 0 Å². The van der Waals surface area contributed by atoms with Crippen molar-refractivity contribution >= 4 is 34.7 Å².